The quantitative estimate of drug-likeness (QED) is 0.460. The molecule has 5 rings (SSSR count). The minimum absolute atomic E-state index is 0.117. The van der Waals surface area contributed by atoms with Crippen LogP contribution in [-0.4, -0.2) is 28.9 Å². The van der Waals surface area contributed by atoms with Gasteiger partial charge in [0.2, 0.25) is 0 Å². The van der Waals surface area contributed by atoms with E-state index in [1.54, 1.807) is 28.6 Å². The van der Waals surface area contributed by atoms with Crippen LogP contribution in [0.25, 0.3) is 38.9 Å². The second-order valence-corrected chi connectivity index (χ2v) is 7.79. The third kappa shape index (κ3) is 2.66. The van der Waals surface area contributed by atoms with Crippen LogP contribution in [0.5, 0.6) is 0 Å². The van der Waals surface area contributed by atoms with Gasteiger partial charge in [0.15, 0.2) is 0 Å². The lowest BCUT2D eigenvalue weighted by Gasteiger charge is -2.07. The van der Waals surface area contributed by atoms with Crippen LogP contribution in [-0.2, 0) is 7.05 Å². The van der Waals surface area contributed by atoms with Gasteiger partial charge in [0.1, 0.15) is 0 Å². The number of pyridine rings is 2. The van der Waals surface area contributed by atoms with Crippen LogP contribution in [0.2, 0.25) is 0 Å². The molecular weight excluding hydrogens is 376 g/mol. The Balaban J connectivity index is 1.88. The Morgan fingerprint density at radius 1 is 1.07 bits per heavy atom. The molecule has 7 nitrogen and oxygen atoms in total. The van der Waals surface area contributed by atoms with E-state index in [-0.39, 0.29) is 11.7 Å². The Morgan fingerprint density at radius 3 is 2.60 bits per heavy atom. The lowest BCUT2D eigenvalue weighted by Crippen LogP contribution is -2.21. The van der Waals surface area contributed by atoms with Crippen molar-refractivity contribution in [2.45, 2.75) is 26.8 Å². The molecule has 30 heavy (non-hydrogen) atoms. The van der Waals surface area contributed by atoms with Gasteiger partial charge in [-0.15, -0.1) is 0 Å². The van der Waals surface area contributed by atoms with Crippen molar-refractivity contribution in [1.82, 2.24) is 28.9 Å². The zero-order chi connectivity index (χ0) is 21.0. The smallest absolute Gasteiger partial charge is 0.293 e. The maximum absolute atomic E-state index is 13.3. The largest absolute Gasteiger partial charge is 0.333 e. The molecule has 0 saturated heterocycles. The predicted molar refractivity (Wildman–Crippen MR) is 118 cm³/mol. The number of aromatic nitrogens is 6. The lowest BCUT2D eigenvalue weighted by atomic mass is 10.1. The normalized spacial score (nSPS) is 11.8. The first kappa shape index (κ1) is 18.3. The zero-order valence-electron chi connectivity index (χ0n) is 17.4. The minimum atomic E-state index is -0.117. The fraction of sp³-hybridized carbons (Fsp3) is 0.217. The van der Waals surface area contributed by atoms with E-state index in [4.69, 9.17) is 0 Å². The molecule has 5 aromatic rings. The molecule has 7 heteroatoms. The highest BCUT2D eigenvalue weighted by molar-refractivity contribution is 6.04. The molecule has 0 aliphatic rings. The number of rotatable bonds is 3. The summed E-state index contributed by atoms with van der Waals surface area (Å²) < 4.78 is 5.28. The van der Waals surface area contributed by atoms with Gasteiger partial charge in [-0.1, -0.05) is 12.1 Å². The van der Waals surface area contributed by atoms with Gasteiger partial charge < -0.3 is 0 Å². The molecule has 1 aromatic carbocycles. The fourth-order valence-electron chi connectivity index (χ4n) is 3.87. The highest BCUT2D eigenvalue weighted by Crippen LogP contribution is 2.29. The molecule has 4 heterocycles. The molecule has 0 radical (unpaired) electrons. The highest BCUT2D eigenvalue weighted by Gasteiger charge is 2.20. The van der Waals surface area contributed by atoms with Gasteiger partial charge in [-0.05, 0) is 45.0 Å². The first-order valence-corrected chi connectivity index (χ1v) is 9.93. The molecule has 0 N–H and O–H groups in total. The molecule has 0 aliphatic heterocycles. The molecule has 0 saturated carbocycles. The summed E-state index contributed by atoms with van der Waals surface area (Å²) in [5, 5.41) is 5.52. The van der Waals surface area contributed by atoms with E-state index in [9.17, 15) is 4.79 Å². The first-order chi connectivity index (χ1) is 14.5. The number of benzene rings is 1. The van der Waals surface area contributed by atoms with E-state index in [2.05, 4.69) is 35.0 Å². The van der Waals surface area contributed by atoms with Crippen molar-refractivity contribution in [2.24, 2.45) is 7.05 Å². The van der Waals surface area contributed by atoms with Gasteiger partial charge in [0.05, 0.1) is 39.8 Å². The predicted octanol–water partition coefficient (Wildman–Crippen LogP) is 4.03. The van der Waals surface area contributed by atoms with Crippen molar-refractivity contribution in [3.8, 4) is 16.9 Å². The van der Waals surface area contributed by atoms with Crippen LogP contribution in [0, 0.1) is 6.92 Å². The summed E-state index contributed by atoms with van der Waals surface area (Å²) in [5.41, 5.74) is 5.78. The van der Waals surface area contributed by atoms with E-state index < -0.39 is 0 Å². The molecule has 0 spiro atoms. The third-order valence-corrected chi connectivity index (χ3v) is 5.50. The summed E-state index contributed by atoms with van der Waals surface area (Å²) in [6.07, 6.45) is 5.48. The topological polar surface area (TPSA) is 70.5 Å². The summed E-state index contributed by atoms with van der Waals surface area (Å²) in [4.78, 5) is 22.3. The van der Waals surface area contributed by atoms with Crippen LogP contribution in [0.4, 0.5) is 0 Å². The van der Waals surface area contributed by atoms with Gasteiger partial charge in [0.25, 0.3) is 0 Å². The van der Waals surface area contributed by atoms with Crippen molar-refractivity contribution in [2.75, 3.05) is 0 Å². The van der Waals surface area contributed by atoms with Crippen LogP contribution in [0.15, 0.2) is 59.8 Å². The second kappa shape index (κ2) is 6.66. The van der Waals surface area contributed by atoms with E-state index in [1.807, 2.05) is 48.1 Å². The van der Waals surface area contributed by atoms with E-state index in [0.29, 0.717) is 0 Å². The number of hydrogen-bond donors (Lipinski definition) is 0. The standard InChI is InChI=1S/C23H22N6O/c1-14(2)28-13-21(15(3)26-28)29-22-17-11-16(18-7-5-6-10-24-18)8-9-19(17)25-12-20(22)27(4)23(29)30/h5-14H,1-4H3. The SMILES string of the molecule is Cc1nn(C(C)C)cc1-n1c(=O)n(C)c2cnc3ccc(-c4ccccn4)cc3c21. The van der Waals surface area contributed by atoms with Gasteiger partial charge in [-0.2, -0.15) is 5.10 Å². The van der Waals surface area contributed by atoms with E-state index in [1.165, 1.54) is 0 Å². The number of hydrogen-bond acceptors (Lipinski definition) is 4. The molecule has 4 aromatic heterocycles. The number of fused-ring (bicyclic) bond motifs is 3. The van der Waals surface area contributed by atoms with Gasteiger partial charge in [-0.25, -0.2) is 4.79 Å². The van der Waals surface area contributed by atoms with Gasteiger partial charge in [0, 0.05) is 36.4 Å². The Bertz CT molecular complexity index is 1460. The van der Waals surface area contributed by atoms with Crippen LogP contribution in [0.1, 0.15) is 25.6 Å². The summed E-state index contributed by atoms with van der Waals surface area (Å²) in [6.45, 7) is 6.07. The van der Waals surface area contributed by atoms with Crippen molar-refractivity contribution in [3.63, 3.8) is 0 Å². The Morgan fingerprint density at radius 2 is 1.90 bits per heavy atom. The summed E-state index contributed by atoms with van der Waals surface area (Å²) in [7, 11) is 1.78. The van der Waals surface area contributed by atoms with E-state index in [0.717, 1.165) is 44.6 Å². The molecule has 150 valence electrons. The Kier molecular flexibility index (Phi) is 4.06. The van der Waals surface area contributed by atoms with E-state index >= 15 is 0 Å². The molecular formula is C23H22N6O. The average molecular weight is 398 g/mol. The summed E-state index contributed by atoms with van der Waals surface area (Å²) in [6, 6.07) is 12.1. The minimum Gasteiger partial charge on any atom is -0.293 e. The first-order valence-electron chi connectivity index (χ1n) is 9.93. The number of aryl methyl sites for hydroxylation is 2. The summed E-state index contributed by atoms with van der Waals surface area (Å²) in [5.74, 6) is 0. The van der Waals surface area contributed by atoms with Crippen LogP contribution >= 0.6 is 0 Å². The average Bonchev–Trinajstić information content (AvgIpc) is 3.26. The van der Waals surface area contributed by atoms with Gasteiger partial charge >= 0.3 is 5.69 Å². The second-order valence-electron chi connectivity index (χ2n) is 7.79. The zero-order valence-corrected chi connectivity index (χ0v) is 17.4. The molecule has 0 atom stereocenters. The molecule has 0 amide bonds. The van der Waals surface area contributed by atoms with Crippen molar-refractivity contribution in [3.05, 3.63) is 71.2 Å². The maximum atomic E-state index is 13.3. The molecule has 0 fully saturated rings. The Labute approximate surface area is 173 Å². The van der Waals surface area contributed by atoms with Crippen molar-refractivity contribution in [1.29, 1.82) is 0 Å². The maximum Gasteiger partial charge on any atom is 0.333 e. The van der Waals surface area contributed by atoms with Crippen LogP contribution < -0.4 is 5.69 Å². The van der Waals surface area contributed by atoms with Crippen molar-refractivity contribution >= 4 is 21.9 Å². The lowest BCUT2D eigenvalue weighted by molar-refractivity contribution is 0.529. The fourth-order valence-corrected chi connectivity index (χ4v) is 3.87. The molecule has 0 bridgehead atoms. The Hall–Kier alpha value is -3.74. The van der Waals surface area contributed by atoms with Crippen LogP contribution in [0.3, 0.4) is 0 Å². The number of nitrogens with zero attached hydrogens (tertiary/aromatic N) is 6. The molecule has 0 aliphatic carbocycles. The third-order valence-electron chi connectivity index (χ3n) is 5.50. The van der Waals surface area contributed by atoms with Gasteiger partial charge in [-0.3, -0.25) is 23.8 Å². The number of imidazole rings is 1. The van der Waals surface area contributed by atoms with Crippen molar-refractivity contribution < 1.29 is 0 Å². The highest BCUT2D eigenvalue weighted by atomic mass is 16.1. The summed E-state index contributed by atoms with van der Waals surface area (Å²) >= 11 is 0. The monoisotopic (exact) mass is 398 g/mol. The molecule has 0 unspecified atom stereocenters.